The molecule has 0 bridgehead atoms. The molecule has 0 atom stereocenters. The van der Waals surface area contributed by atoms with Crippen LogP contribution in [0.25, 0.3) is 0 Å². The Morgan fingerprint density at radius 1 is 1.18 bits per heavy atom. The van der Waals surface area contributed by atoms with Gasteiger partial charge in [-0.2, -0.15) is 0 Å². The lowest BCUT2D eigenvalue weighted by molar-refractivity contribution is -0.0106. The van der Waals surface area contributed by atoms with Crippen molar-refractivity contribution >= 4 is 12.4 Å². The summed E-state index contributed by atoms with van der Waals surface area (Å²) in [5, 5.41) is 13.2. The third-order valence-electron chi connectivity index (χ3n) is 2.81. The predicted molar refractivity (Wildman–Crippen MR) is 47.0 cm³/mol. The van der Waals surface area contributed by atoms with Crippen molar-refractivity contribution in [3.63, 3.8) is 0 Å². The van der Waals surface area contributed by atoms with Crippen molar-refractivity contribution in [3.05, 3.63) is 0 Å². The standard InChI is InChI=1S/C8H15NO.ClH/c10-8(7-1-2-7)3-5-9-6-4-8;/h7,9-10H,1-6H2;1H. The summed E-state index contributed by atoms with van der Waals surface area (Å²) in [6, 6.07) is 0. The average Bonchev–Trinajstić information content (AvgIpc) is 2.69. The quantitative estimate of drug-likeness (QED) is 0.625. The molecule has 3 heteroatoms. The number of rotatable bonds is 1. The smallest absolute Gasteiger partial charge is 0.0700 e. The minimum absolute atomic E-state index is 0. The number of aliphatic hydroxyl groups is 1. The van der Waals surface area contributed by atoms with Gasteiger partial charge in [-0.05, 0) is 44.7 Å². The Balaban J connectivity index is 0.000000605. The topological polar surface area (TPSA) is 32.3 Å². The first kappa shape index (κ1) is 9.30. The molecule has 0 spiro atoms. The fourth-order valence-electron chi connectivity index (χ4n) is 1.89. The molecule has 1 aliphatic carbocycles. The molecule has 2 aliphatic rings. The summed E-state index contributed by atoms with van der Waals surface area (Å²) < 4.78 is 0. The number of piperidine rings is 1. The van der Waals surface area contributed by atoms with Gasteiger partial charge in [0, 0.05) is 0 Å². The van der Waals surface area contributed by atoms with Crippen LogP contribution >= 0.6 is 12.4 Å². The number of halogens is 1. The Morgan fingerprint density at radius 3 is 2.18 bits per heavy atom. The van der Waals surface area contributed by atoms with Gasteiger partial charge in [0.25, 0.3) is 0 Å². The lowest BCUT2D eigenvalue weighted by Gasteiger charge is -2.32. The molecule has 0 unspecified atom stereocenters. The molecule has 2 nitrogen and oxygen atoms in total. The highest BCUT2D eigenvalue weighted by Crippen LogP contribution is 2.43. The monoisotopic (exact) mass is 177 g/mol. The molecule has 2 N–H and O–H groups in total. The van der Waals surface area contributed by atoms with Gasteiger partial charge in [-0.3, -0.25) is 0 Å². The maximum Gasteiger partial charge on any atom is 0.0700 e. The zero-order valence-electron chi connectivity index (χ0n) is 6.68. The molecule has 2 rings (SSSR count). The normalized spacial score (nSPS) is 29.2. The summed E-state index contributed by atoms with van der Waals surface area (Å²) in [5.41, 5.74) is -0.273. The van der Waals surface area contributed by atoms with Crippen LogP contribution in [0.1, 0.15) is 25.7 Å². The summed E-state index contributed by atoms with van der Waals surface area (Å²) in [6.45, 7) is 2.01. The number of hydrogen-bond donors (Lipinski definition) is 2. The Morgan fingerprint density at radius 2 is 1.73 bits per heavy atom. The van der Waals surface area contributed by atoms with E-state index in [1.165, 1.54) is 12.8 Å². The van der Waals surface area contributed by atoms with Gasteiger partial charge in [-0.25, -0.2) is 0 Å². The van der Waals surface area contributed by atoms with Crippen molar-refractivity contribution in [3.8, 4) is 0 Å². The molecule has 0 aromatic heterocycles. The highest BCUT2D eigenvalue weighted by molar-refractivity contribution is 5.85. The van der Waals surface area contributed by atoms with Crippen molar-refractivity contribution in [1.82, 2.24) is 5.32 Å². The van der Waals surface area contributed by atoms with Crippen molar-refractivity contribution in [2.24, 2.45) is 5.92 Å². The SMILES string of the molecule is Cl.OC1(C2CC2)CCNCC1. The first-order chi connectivity index (χ1) is 4.81. The van der Waals surface area contributed by atoms with Gasteiger partial charge in [0.05, 0.1) is 5.60 Å². The second-order valence-corrected chi connectivity index (χ2v) is 3.63. The van der Waals surface area contributed by atoms with Crippen LogP contribution < -0.4 is 5.32 Å². The van der Waals surface area contributed by atoms with Crippen LogP contribution in [-0.4, -0.2) is 23.8 Å². The molecule has 2 fully saturated rings. The van der Waals surface area contributed by atoms with Crippen LogP contribution in [0.3, 0.4) is 0 Å². The van der Waals surface area contributed by atoms with Crippen LogP contribution in [0.2, 0.25) is 0 Å². The molecule has 1 saturated heterocycles. The second kappa shape index (κ2) is 3.30. The van der Waals surface area contributed by atoms with E-state index in [1.54, 1.807) is 0 Å². The van der Waals surface area contributed by atoms with Crippen LogP contribution in [-0.2, 0) is 0 Å². The van der Waals surface area contributed by atoms with Crippen molar-refractivity contribution < 1.29 is 5.11 Å². The van der Waals surface area contributed by atoms with Gasteiger partial charge >= 0.3 is 0 Å². The Bertz CT molecular complexity index is 130. The van der Waals surface area contributed by atoms with Gasteiger partial charge in [0.1, 0.15) is 0 Å². The molecule has 0 aromatic carbocycles. The number of nitrogens with one attached hydrogen (secondary N) is 1. The van der Waals surface area contributed by atoms with Crippen molar-refractivity contribution in [2.45, 2.75) is 31.3 Å². The minimum Gasteiger partial charge on any atom is -0.390 e. The van der Waals surface area contributed by atoms with Crippen LogP contribution in [0.15, 0.2) is 0 Å². The molecule has 1 heterocycles. The maximum absolute atomic E-state index is 9.97. The van der Waals surface area contributed by atoms with Crippen molar-refractivity contribution in [2.75, 3.05) is 13.1 Å². The molecule has 1 saturated carbocycles. The van der Waals surface area contributed by atoms with E-state index in [2.05, 4.69) is 5.32 Å². The molecule has 66 valence electrons. The van der Waals surface area contributed by atoms with E-state index in [0.29, 0.717) is 5.92 Å². The zero-order valence-corrected chi connectivity index (χ0v) is 7.49. The van der Waals surface area contributed by atoms with Crippen LogP contribution in [0.4, 0.5) is 0 Å². The van der Waals surface area contributed by atoms with E-state index in [0.717, 1.165) is 25.9 Å². The van der Waals surface area contributed by atoms with Crippen LogP contribution in [0, 0.1) is 5.92 Å². The Kier molecular flexibility index (Phi) is 2.79. The third kappa shape index (κ3) is 1.86. The van der Waals surface area contributed by atoms with Gasteiger partial charge in [-0.1, -0.05) is 0 Å². The summed E-state index contributed by atoms with van der Waals surface area (Å²) in [6.07, 6.45) is 4.46. The summed E-state index contributed by atoms with van der Waals surface area (Å²) in [5.74, 6) is 0.648. The highest BCUT2D eigenvalue weighted by atomic mass is 35.5. The zero-order chi connectivity index (χ0) is 7.03. The van der Waals surface area contributed by atoms with E-state index in [9.17, 15) is 5.11 Å². The van der Waals surface area contributed by atoms with E-state index in [1.807, 2.05) is 0 Å². The van der Waals surface area contributed by atoms with Crippen molar-refractivity contribution in [1.29, 1.82) is 0 Å². The van der Waals surface area contributed by atoms with E-state index >= 15 is 0 Å². The van der Waals surface area contributed by atoms with Gasteiger partial charge in [0.15, 0.2) is 0 Å². The summed E-state index contributed by atoms with van der Waals surface area (Å²) >= 11 is 0. The summed E-state index contributed by atoms with van der Waals surface area (Å²) in [4.78, 5) is 0. The fraction of sp³-hybridized carbons (Fsp3) is 1.00. The van der Waals surface area contributed by atoms with Gasteiger partial charge < -0.3 is 10.4 Å². The van der Waals surface area contributed by atoms with Crippen LogP contribution in [0.5, 0.6) is 0 Å². The first-order valence-electron chi connectivity index (χ1n) is 4.24. The number of hydrogen-bond acceptors (Lipinski definition) is 2. The molecule has 0 amide bonds. The molecule has 1 aliphatic heterocycles. The molecule has 0 aromatic rings. The minimum atomic E-state index is -0.273. The maximum atomic E-state index is 9.97. The fourth-order valence-corrected chi connectivity index (χ4v) is 1.89. The predicted octanol–water partition coefficient (Wildman–Crippen LogP) is 0.933. The molecule has 11 heavy (non-hydrogen) atoms. The molecule has 0 radical (unpaired) electrons. The van der Waals surface area contributed by atoms with Gasteiger partial charge in [-0.15, -0.1) is 12.4 Å². The molecular formula is C8H16ClNO. The largest absolute Gasteiger partial charge is 0.390 e. The van der Waals surface area contributed by atoms with E-state index < -0.39 is 0 Å². The Labute approximate surface area is 73.8 Å². The molecular weight excluding hydrogens is 162 g/mol. The summed E-state index contributed by atoms with van der Waals surface area (Å²) in [7, 11) is 0. The van der Waals surface area contributed by atoms with E-state index in [-0.39, 0.29) is 18.0 Å². The highest BCUT2D eigenvalue weighted by Gasteiger charge is 2.43. The second-order valence-electron chi connectivity index (χ2n) is 3.63. The lowest BCUT2D eigenvalue weighted by atomic mass is 9.88. The Hall–Kier alpha value is 0.210. The van der Waals surface area contributed by atoms with Gasteiger partial charge in [0.2, 0.25) is 0 Å². The average molecular weight is 178 g/mol. The third-order valence-corrected chi connectivity index (χ3v) is 2.81. The first-order valence-corrected chi connectivity index (χ1v) is 4.24. The lowest BCUT2D eigenvalue weighted by Crippen LogP contribution is -2.43. The van der Waals surface area contributed by atoms with E-state index in [4.69, 9.17) is 0 Å².